The van der Waals surface area contributed by atoms with Gasteiger partial charge in [0.2, 0.25) is 0 Å². The topological polar surface area (TPSA) is 64.3 Å². The van der Waals surface area contributed by atoms with Crippen LogP contribution in [-0.4, -0.2) is 34.1 Å². The van der Waals surface area contributed by atoms with Gasteiger partial charge in [-0.2, -0.15) is 5.10 Å². The lowest BCUT2D eigenvalue weighted by molar-refractivity contribution is 0.0662. The third kappa shape index (κ3) is 2.74. The highest BCUT2D eigenvalue weighted by Gasteiger charge is 2.19. The first kappa shape index (κ1) is 14.7. The number of carboxylic acids is 1. The molecule has 0 radical (unpaired) electrons. The van der Waals surface area contributed by atoms with E-state index in [1.807, 2.05) is 10.9 Å². The number of aromatic carboxylic acids is 1. The molecule has 0 bridgehead atoms. The Balaban J connectivity index is 1.96. The normalized spacial score (nSPS) is 15.9. The summed E-state index contributed by atoms with van der Waals surface area (Å²) in [6.45, 7) is 3.20. The largest absolute Gasteiger partial charge is 0.478 e. The van der Waals surface area contributed by atoms with E-state index in [9.17, 15) is 9.18 Å². The van der Waals surface area contributed by atoms with Gasteiger partial charge in [-0.25, -0.2) is 9.18 Å². The fourth-order valence-corrected chi connectivity index (χ4v) is 2.77. The van der Waals surface area contributed by atoms with Crippen LogP contribution in [-0.2, 0) is 4.74 Å². The summed E-state index contributed by atoms with van der Waals surface area (Å²) in [4.78, 5) is 11.1. The maximum atomic E-state index is 13.7. The predicted molar refractivity (Wildman–Crippen MR) is 78.4 cm³/mol. The molecule has 2 heterocycles. The van der Waals surface area contributed by atoms with Gasteiger partial charge in [0.25, 0.3) is 0 Å². The van der Waals surface area contributed by atoms with Gasteiger partial charge in [-0.3, -0.25) is 4.68 Å². The monoisotopic (exact) mass is 304 g/mol. The number of carboxylic acid groups (broad SMARTS) is 1. The van der Waals surface area contributed by atoms with Gasteiger partial charge in [-0.05, 0) is 43.0 Å². The number of hydrogen-bond acceptors (Lipinski definition) is 3. The van der Waals surface area contributed by atoms with Gasteiger partial charge in [0.1, 0.15) is 5.82 Å². The summed E-state index contributed by atoms with van der Waals surface area (Å²) in [5.74, 6) is -1.99. The number of hydrogen-bond donors (Lipinski definition) is 1. The summed E-state index contributed by atoms with van der Waals surface area (Å²) < 4.78 is 20.9. The van der Waals surface area contributed by atoms with E-state index < -0.39 is 11.8 Å². The van der Waals surface area contributed by atoms with Crippen LogP contribution in [0.4, 0.5) is 4.39 Å². The number of ether oxygens (including phenoxy) is 1. The summed E-state index contributed by atoms with van der Waals surface area (Å²) >= 11 is 0. The second-order valence-corrected chi connectivity index (χ2v) is 5.50. The van der Waals surface area contributed by atoms with Crippen molar-refractivity contribution in [3.05, 3.63) is 41.5 Å². The fraction of sp³-hybridized carbons (Fsp3) is 0.375. The minimum absolute atomic E-state index is 0.294. The van der Waals surface area contributed by atoms with Crippen LogP contribution in [0.25, 0.3) is 11.1 Å². The molecule has 6 heteroatoms. The zero-order valence-corrected chi connectivity index (χ0v) is 12.3. The maximum absolute atomic E-state index is 13.7. The van der Waals surface area contributed by atoms with Crippen LogP contribution in [0.5, 0.6) is 0 Å². The molecule has 0 unspecified atom stereocenters. The molecule has 1 N–H and O–H groups in total. The van der Waals surface area contributed by atoms with E-state index in [4.69, 9.17) is 9.84 Å². The molecule has 22 heavy (non-hydrogen) atoms. The average Bonchev–Trinajstić information content (AvgIpc) is 2.97. The molecule has 2 aromatic rings. The van der Waals surface area contributed by atoms with Crippen LogP contribution in [0.2, 0.25) is 0 Å². The van der Waals surface area contributed by atoms with Gasteiger partial charge in [0.05, 0.1) is 17.8 Å². The summed E-state index contributed by atoms with van der Waals surface area (Å²) in [6, 6.07) is 2.92. The Hall–Kier alpha value is -2.21. The van der Waals surface area contributed by atoms with E-state index in [0.717, 1.165) is 31.6 Å². The van der Waals surface area contributed by atoms with Crippen molar-refractivity contribution in [2.75, 3.05) is 13.2 Å². The number of rotatable bonds is 3. The van der Waals surface area contributed by atoms with Gasteiger partial charge in [-0.1, -0.05) is 0 Å². The molecule has 1 aliphatic heterocycles. The van der Waals surface area contributed by atoms with Crippen LogP contribution in [0.1, 0.15) is 34.8 Å². The molecule has 0 amide bonds. The average molecular weight is 304 g/mol. The number of aryl methyl sites for hydroxylation is 1. The Bertz CT molecular complexity index is 705. The minimum Gasteiger partial charge on any atom is -0.478 e. The zero-order valence-electron chi connectivity index (χ0n) is 12.3. The van der Waals surface area contributed by atoms with E-state index in [-0.39, 0.29) is 5.56 Å². The van der Waals surface area contributed by atoms with E-state index in [1.54, 1.807) is 13.1 Å². The Morgan fingerprint density at radius 1 is 1.41 bits per heavy atom. The summed E-state index contributed by atoms with van der Waals surface area (Å²) in [6.07, 6.45) is 5.40. The smallest absolute Gasteiger partial charge is 0.338 e. The first-order valence-electron chi connectivity index (χ1n) is 7.22. The molecule has 0 spiro atoms. The molecule has 1 saturated heterocycles. The quantitative estimate of drug-likeness (QED) is 0.946. The Labute approximate surface area is 127 Å². The molecule has 0 atom stereocenters. The molecule has 0 aliphatic carbocycles. The maximum Gasteiger partial charge on any atom is 0.338 e. The van der Waals surface area contributed by atoms with E-state index in [1.165, 1.54) is 12.1 Å². The minimum atomic E-state index is -1.27. The summed E-state index contributed by atoms with van der Waals surface area (Å²) in [5, 5.41) is 13.4. The van der Waals surface area contributed by atoms with Crippen LogP contribution >= 0.6 is 0 Å². The molecule has 5 nitrogen and oxygen atoms in total. The first-order chi connectivity index (χ1) is 10.6. The number of carbonyl (C=O) groups is 1. The van der Waals surface area contributed by atoms with E-state index in [2.05, 4.69) is 5.10 Å². The molecule has 1 aromatic heterocycles. The molecule has 1 fully saturated rings. The van der Waals surface area contributed by atoms with Gasteiger partial charge in [0.15, 0.2) is 0 Å². The van der Waals surface area contributed by atoms with Crippen molar-refractivity contribution in [1.29, 1.82) is 0 Å². The summed E-state index contributed by atoms with van der Waals surface area (Å²) in [5.41, 5.74) is 1.86. The number of halogens is 1. The van der Waals surface area contributed by atoms with Crippen molar-refractivity contribution >= 4 is 5.97 Å². The van der Waals surface area contributed by atoms with Crippen LogP contribution in [0.15, 0.2) is 24.5 Å². The Morgan fingerprint density at radius 3 is 2.82 bits per heavy atom. The highest BCUT2D eigenvalue weighted by molar-refractivity contribution is 5.90. The predicted octanol–water partition coefficient (Wildman–Crippen LogP) is 3.05. The zero-order chi connectivity index (χ0) is 15.7. The van der Waals surface area contributed by atoms with E-state index in [0.29, 0.717) is 17.2 Å². The highest BCUT2D eigenvalue weighted by Crippen LogP contribution is 2.28. The van der Waals surface area contributed by atoms with Crippen LogP contribution in [0.3, 0.4) is 0 Å². The van der Waals surface area contributed by atoms with Crippen molar-refractivity contribution in [3.63, 3.8) is 0 Å². The van der Waals surface area contributed by atoms with E-state index >= 15 is 0 Å². The lowest BCUT2D eigenvalue weighted by atomic mass is 10.00. The summed E-state index contributed by atoms with van der Waals surface area (Å²) in [7, 11) is 0. The van der Waals surface area contributed by atoms with Crippen LogP contribution < -0.4 is 0 Å². The molecular weight excluding hydrogens is 287 g/mol. The lowest BCUT2D eigenvalue weighted by Gasteiger charge is -2.22. The van der Waals surface area contributed by atoms with Crippen molar-refractivity contribution in [2.45, 2.75) is 25.8 Å². The van der Waals surface area contributed by atoms with Gasteiger partial charge >= 0.3 is 5.97 Å². The number of nitrogens with zero attached hydrogens (tertiary/aromatic N) is 2. The standard InChI is InChI=1S/C16H17FN2O3/c1-10-6-15(17)14(16(20)21)7-13(10)11-8-18-19(9-11)12-2-4-22-5-3-12/h6-9,12H,2-5H2,1H3,(H,20,21). The Morgan fingerprint density at radius 2 is 2.14 bits per heavy atom. The second kappa shape index (κ2) is 5.88. The number of aromatic nitrogens is 2. The number of benzene rings is 1. The third-order valence-corrected chi connectivity index (χ3v) is 4.02. The SMILES string of the molecule is Cc1cc(F)c(C(=O)O)cc1-c1cnn(C2CCOCC2)c1. The first-order valence-corrected chi connectivity index (χ1v) is 7.22. The van der Waals surface area contributed by atoms with Crippen molar-refractivity contribution < 1.29 is 19.0 Å². The van der Waals surface area contributed by atoms with Gasteiger partial charge < -0.3 is 9.84 Å². The van der Waals surface area contributed by atoms with Gasteiger partial charge in [-0.15, -0.1) is 0 Å². The molecule has 1 aromatic carbocycles. The molecule has 116 valence electrons. The van der Waals surface area contributed by atoms with Crippen LogP contribution in [0, 0.1) is 12.7 Å². The van der Waals surface area contributed by atoms with Gasteiger partial charge in [0, 0.05) is 25.0 Å². The van der Waals surface area contributed by atoms with Crippen molar-refractivity contribution in [1.82, 2.24) is 9.78 Å². The van der Waals surface area contributed by atoms with Crippen molar-refractivity contribution in [3.8, 4) is 11.1 Å². The van der Waals surface area contributed by atoms with Crippen molar-refractivity contribution in [2.24, 2.45) is 0 Å². The fourth-order valence-electron chi connectivity index (χ4n) is 2.77. The highest BCUT2D eigenvalue weighted by atomic mass is 19.1. The third-order valence-electron chi connectivity index (χ3n) is 4.02. The second-order valence-electron chi connectivity index (χ2n) is 5.50. The molecule has 1 aliphatic rings. The molecular formula is C16H17FN2O3. The Kier molecular flexibility index (Phi) is 3.94. The lowest BCUT2D eigenvalue weighted by Crippen LogP contribution is -2.19. The molecule has 3 rings (SSSR count). The molecule has 0 saturated carbocycles.